The molecule has 0 radical (unpaired) electrons. The first-order chi connectivity index (χ1) is 9.61. The number of fused-ring (bicyclic) bond motifs is 2. The van der Waals surface area contributed by atoms with Crippen LogP contribution in [0.4, 0.5) is 0 Å². The van der Waals surface area contributed by atoms with E-state index in [4.69, 9.17) is 5.73 Å². The Morgan fingerprint density at radius 1 is 1.45 bits per heavy atom. The summed E-state index contributed by atoms with van der Waals surface area (Å²) in [6.07, 6.45) is 3.74. The molecule has 0 spiro atoms. The highest BCUT2D eigenvalue weighted by Gasteiger charge is 2.51. The molecule has 8 nitrogen and oxygen atoms in total. The molecule has 0 aliphatic carbocycles. The minimum absolute atomic E-state index is 0.0215. The van der Waals surface area contributed by atoms with E-state index >= 15 is 0 Å². The highest BCUT2D eigenvalue weighted by atomic mass is 16.4. The van der Waals surface area contributed by atoms with Crippen LogP contribution in [-0.4, -0.2) is 55.5 Å². The fraction of sp³-hybridized carbons (Fsp3) is 0.667. The molecule has 3 unspecified atom stereocenters. The normalized spacial score (nSPS) is 28.1. The third-order valence-corrected chi connectivity index (χ3v) is 4.20. The Balaban J connectivity index is 1.79. The van der Waals surface area contributed by atoms with Gasteiger partial charge in [0.1, 0.15) is 0 Å². The van der Waals surface area contributed by atoms with E-state index in [2.05, 4.69) is 10.3 Å². The quantitative estimate of drug-likeness (QED) is 0.754. The molecular weight excluding hydrogens is 262 g/mol. The first-order valence-electron chi connectivity index (χ1n) is 6.77. The van der Waals surface area contributed by atoms with E-state index < -0.39 is 11.9 Å². The van der Waals surface area contributed by atoms with E-state index in [0.29, 0.717) is 19.5 Å². The number of aromatic nitrogens is 3. The Labute approximate surface area is 115 Å². The lowest BCUT2D eigenvalue weighted by molar-refractivity contribution is -0.142. The summed E-state index contributed by atoms with van der Waals surface area (Å²) in [5.74, 6) is -1.48. The van der Waals surface area contributed by atoms with E-state index in [9.17, 15) is 14.7 Å². The first-order valence-corrected chi connectivity index (χ1v) is 6.77. The molecule has 0 saturated carbocycles. The molecule has 1 amide bonds. The second-order valence-corrected chi connectivity index (χ2v) is 5.35. The molecule has 2 aliphatic rings. The van der Waals surface area contributed by atoms with Crippen LogP contribution >= 0.6 is 0 Å². The monoisotopic (exact) mass is 279 g/mol. The van der Waals surface area contributed by atoms with Crippen molar-refractivity contribution in [2.45, 2.75) is 37.9 Å². The van der Waals surface area contributed by atoms with Gasteiger partial charge in [-0.3, -0.25) is 14.3 Å². The summed E-state index contributed by atoms with van der Waals surface area (Å²) >= 11 is 0. The predicted octanol–water partition coefficient (Wildman–Crippen LogP) is -0.685. The summed E-state index contributed by atoms with van der Waals surface area (Å²) in [4.78, 5) is 25.4. The van der Waals surface area contributed by atoms with Crippen LogP contribution in [0, 0.1) is 5.92 Å². The van der Waals surface area contributed by atoms with E-state index in [0.717, 1.165) is 12.8 Å². The Kier molecular flexibility index (Phi) is 3.17. The lowest BCUT2D eigenvalue weighted by Gasteiger charge is -2.21. The lowest BCUT2D eigenvalue weighted by Crippen LogP contribution is -2.38. The third kappa shape index (κ3) is 1.96. The largest absolute Gasteiger partial charge is 0.481 e. The number of rotatable bonds is 4. The van der Waals surface area contributed by atoms with Gasteiger partial charge in [0.2, 0.25) is 0 Å². The second-order valence-electron chi connectivity index (χ2n) is 5.35. The van der Waals surface area contributed by atoms with Gasteiger partial charge in [0.05, 0.1) is 18.7 Å². The number of hydrogen-bond donors (Lipinski definition) is 2. The molecule has 8 heteroatoms. The number of carboxylic acid groups (broad SMARTS) is 1. The maximum atomic E-state index is 12.5. The van der Waals surface area contributed by atoms with Gasteiger partial charge in [0.25, 0.3) is 5.91 Å². The highest BCUT2D eigenvalue weighted by molar-refractivity contribution is 5.93. The van der Waals surface area contributed by atoms with Crippen LogP contribution in [0.5, 0.6) is 0 Å². The first kappa shape index (κ1) is 13.0. The molecule has 1 aromatic heterocycles. The van der Waals surface area contributed by atoms with Crippen LogP contribution < -0.4 is 5.73 Å². The zero-order chi connectivity index (χ0) is 14.3. The van der Waals surface area contributed by atoms with Crippen molar-refractivity contribution in [3.8, 4) is 0 Å². The number of carbonyl (C=O) groups is 2. The highest BCUT2D eigenvalue weighted by Crippen LogP contribution is 2.42. The van der Waals surface area contributed by atoms with Crippen molar-refractivity contribution >= 4 is 11.9 Å². The molecule has 2 aliphatic heterocycles. The molecule has 3 atom stereocenters. The zero-order valence-corrected chi connectivity index (χ0v) is 11.0. The smallest absolute Gasteiger partial charge is 0.308 e. The fourth-order valence-electron chi connectivity index (χ4n) is 3.34. The van der Waals surface area contributed by atoms with Crippen LogP contribution in [0.2, 0.25) is 0 Å². The number of nitrogens with two attached hydrogens (primary N) is 1. The van der Waals surface area contributed by atoms with Gasteiger partial charge >= 0.3 is 5.97 Å². The Hall–Kier alpha value is -1.96. The topological polar surface area (TPSA) is 114 Å². The summed E-state index contributed by atoms with van der Waals surface area (Å²) < 4.78 is 1.53. The Bertz CT molecular complexity index is 543. The van der Waals surface area contributed by atoms with Crippen LogP contribution in [-0.2, 0) is 11.3 Å². The van der Waals surface area contributed by atoms with E-state index in [1.807, 2.05) is 0 Å². The maximum absolute atomic E-state index is 12.5. The van der Waals surface area contributed by atoms with Gasteiger partial charge in [-0.2, -0.15) is 0 Å². The SMILES string of the molecule is NCCn1cc(C(=O)N2C3CCC2C(C(=O)O)C3)nn1. The van der Waals surface area contributed by atoms with Crippen molar-refractivity contribution in [2.75, 3.05) is 6.54 Å². The van der Waals surface area contributed by atoms with Crippen LogP contribution in [0.1, 0.15) is 29.8 Å². The third-order valence-electron chi connectivity index (χ3n) is 4.20. The van der Waals surface area contributed by atoms with Gasteiger partial charge in [0.15, 0.2) is 5.69 Å². The summed E-state index contributed by atoms with van der Waals surface area (Å²) in [5, 5.41) is 16.9. The number of carboxylic acids is 1. The Morgan fingerprint density at radius 3 is 2.90 bits per heavy atom. The molecule has 0 aromatic carbocycles. The van der Waals surface area contributed by atoms with Gasteiger partial charge in [-0.15, -0.1) is 5.10 Å². The molecule has 2 fully saturated rings. The molecule has 2 bridgehead atoms. The van der Waals surface area contributed by atoms with Crippen LogP contribution in [0.25, 0.3) is 0 Å². The van der Waals surface area contributed by atoms with Crippen molar-refractivity contribution in [1.82, 2.24) is 19.9 Å². The second kappa shape index (κ2) is 4.86. The van der Waals surface area contributed by atoms with E-state index in [1.54, 1.807) is 11.1 Å². The van der Waals surface area contributed by atoms with Crippen LogP contribution in [0.15, 0.2) is 6.20 Å². The minimum Gasteiger partial charge on any atom is -0.481 e. The van der Waals surface area contributed by atoms with E-state index in [-0.39, 0.29) is 23.7 Å². The average molecular weight is 279 g/mol. The number of hydrogen-bond acceptors (Lipinski definition) is 5. The summed E-state index contributed by atoms with van der Waals surface area (Å²) in [6.45, 7) is 0.929. The fourth-order valence-corrected chi connectivity index (χ4v) is 3.34. The maximum Gasteiger partial charge on any atom is 0.308 e. The molecule has 20 heavy (non-hydrogen) atoms. The molecular formula is C12H17N5O3. The van der Waals surface area contributed by atoms with Crippen molar-refractivity contribution < 1.29 is 14.7 Å². The van der Waals surface area contributed by atoms with E-state index in [1.165, 1.54) is 4.68 Å². The van der Waals surface area contributed by atoms with Crippen LogP contribution in [0.3, 0.4) is 0 Å². The summed E-state index contributed by atoms with van der Waals surface area (Å²) in [7, 11) is 0. The molecule has 108 valence electrons. The standard InChI is InChI=1S/C12H17N5O3/c13-3-4-16-6-9(14-15-16)11(18)17-7-1-2-10(17)8(5-7)12(19)20/h6-8,10H,1-5,13H2,(H,19,20). The van der Waals surface area contributed by atoms with Gasteiger partial charge in [-0.05, 0) is 19.3 Å². The van der Waals surface area contributed by atoms with Crippen molar-refractivity contribution in [3.05, 3.63) is 11.9 Å². The number of carbonyl (C=O) groups excluding carboxylic acids is 1. The Morgan fingerprint density at radius 2 is 2.25 bits per heavy atom. The van der Waals surface area contributed by atoms with Crippen molar-refractivity contribution in [1.29, 1.82) is 0 Å². The number of nitrogens with zero attached hydrogens (tertiary/aromatic N) is 4. The molecule has 3 N–H and O–H groups in total. The lowest BCUT2D eigenvalue weighted by atomic mass is 9.89. The van der Waals surface area contributed by atoms with Crippen molar-refractivity contribution in [2.24, 2.45) is 11.7 Å². The molecule has 2 saturated heterocycles. The molecule has 3 heterocycles. The molecule has 1 aromatic rings. The summed E-state index contributed by atoms with van der Waals surface area (Å²) in [5.41, 5.74) is 5.69. The number of aliphatic carboxylic acids is 1. The van der Waals surface area contributed by atoms with Gasteiger partial charge < -0.3 is 15.7 Å². The van der Waals surface area contributed by atoms with Gasteiger partial charge in [-0.25, -0.2) is 0 Å². The zero-order valence-electron chi connectivity index (χ0n) is 11.0. The van der Waals surface area contributed by atoms with Gasteiger partial charge in [-0.1, -0.05) is 5.21 Å². The molecule has 3 rings (SSSR count). The number of amides is 1. The summed E-state index contributed by atoms with van der Waals surface area (Å²) in [6, 6.07) is -0.182. The average Bonchev–Trinajstić information content (AvgIpc) is 3.11. The minimum atomic E-state index is -0.818. The van der Waals surface area contributed by atoms with Crippen molar-refractivity contribution in [3.63, 3.8) is 0 Å². The predicted molar refractivity (Wildman–Crippen MR) is 67.8 cm³/mol. The van der Waals surface area contributed by atoms with Gasteiger partial charge in [0, 0.05) is 18.6 Å².